The van der Waals surface area contributed by atoms with Gasteiger partial charge in [0.2, 0.25) is 5.91 Å². The van der Waals surface area contributed by atoms with Crippen LogP contribution < -0.4 is 4.90 Å². The topological polar surface area (TPSA) is 23.6 Å². The van der Waals surface area contributed by atoms with Crippen molar-refractivity contribution < 1.29 is 4.79 Å². The quantitative estimate of drug-likeness (QED) is 0.853. The van der Waals surface area contributed by atoms with Gasteiger partial charge in [0.15, 0.2) is 0 Å². The molecule has 22 heavy (non-hydrogen) atoms. The fraction of sp³-hybridized carbons (Fsp3) is 0.471. The van der Waals surface area contributed by atoms with E-state index in [9.17, 15) is 4.79 Å². The van der Waals surface area contributed by atoms with Crippen molar-refractivity contribution in [2.24, 2.45) is 5.41 Å². The zero-order valence-corrected chi connectivity index (χ0v) is 14.2. The standard InChI is InChI=1S/C17H20N2OS2/c20-16-17(5-7-19(16)15-3-9-22-12-15)4-1-6-18(13-17)10-14-2-8-21-11-14/h2-3,8-9,11-12H,1,4-7,10,13H2. The van der Waals surface area contributed by atoms with E-state index in [2.05, 4.69) is 38.6 Å². The molecule has 2 saturated heterocycles. The van der Waals surface area contributed by atoms with E-state index < -0.39 is 0 Å². The molecular weight excluding hydrogens is 312 g/mol. The van der Waals surface area contributed by atoms with Crippen LogP contribution in [0.5, 0.6) is 0 Å². The van der Waals surface area contributed by atoms with Gasteiger partial charge in [-0.2, -0.15) is 22.7 Å². The van der Waals surface area contributed by atoms with Gasteiger partial charge in [-0.15, -0.1) is 0 Å². The number of amides is 1. The van der Waals surface area contributed by atoms with Gasteiger partial charge in [-0.25, -0.2) is 0 Å². The summed E-state index contributed by atoms with van der Waals surface area (Å²) in [7, 11) is 0. The van der Waals surface area contributed by atoms with Gasteiger partial charge in [0.25, 0.3) is 0 Å². The smallest absolute Gasteiger partial charge is 0.234 e. The first-order chi connectivity index (χ1) is 10.8. The van der Waals surface area contributed by atoms with Crippen LogP contribution in [0, 0.1) is 5.41 Å². The minimum Gasteiger partial charge on any atom is -0.311 e. The minimum atomic E-state index is -0.143. The maximum absolute atomic E-state index is 13.0. The van der Waals surface area contributed by atoms with Gasteiger partial charge in [-0.3, -0.25) is 9.69 Å². The van der Waals surface area contributed by atoms with Crippen LogP contribution in [0.4, 0.5) is 5.69 Å². The summed E-state index contributed by atoms with van der Waals surface area (Å²) in [6.45, 7) is 3.89. The van der Waals surface area contributed by atoms with Crippen LogP contribution in [0.15, 0.2) is 33.7 Å². The number of rotatable bonds is 3. The monoisotopic (exact) mass is 332 g/mol. The predicted octanol–water partition coefficient (Wildman–Crippen LogP) is 3.83. The number of hydrogen-bond acceptors (Lipinski definition) is 4. The van der Waals surface area contributed by atoms with Crippen LogP contribution in [0.25, 0.3) is 0 Å². The summed E-state index contributed by atoms with van der Waals surface area (Å²) in [4.78, 5) is 17.5. The lowest BCUT2D eigenvalue weighted by molar-refractivity contribution is -0.128. The highest BCUT2D eigenvalue weighted by atomic mass is 32.1. The van der Waals surface area contributed by atoms with Crippen molar-refractivity contribution in [3.63, 3.8) is 0 Å². The summed E-state index contributed by atoms with van der Waals surface area (Å²) in [5, 5.41) is 8.49. The Kier molecular flexibility index (Phi) is 3.80. The summed E-state index contributed by atoms with van der Waals surface area (Å²) in [5.74, 6) is 0.348. The van der Waals surface area contributed by atoms with Gasteiger partial charge in [0.05, 0.1) is 11.1 Å². The van der Waals surface area contributed by atoms with Gasteiger partial charge >= 0.3 is 0 Å². The molecule has 5 heteroatoms. The van der Waals surface area contributed by atoms with Crippen molar-refractivity contribution in [3.05, 3.63) is 39.2 Å². The fourth-order valence-electron chi connectivity index (χ4n) is 3.86. The van der Waals surface area contributed by atoms with Crippen molar-refractivity contribution in [3.8, 4) is 0 Å². The van der Waals surface area contributed by atoms with Crippen LogP contribution in [0.3, 0.4) is 0 Å². The van der Waals surface area contributed by atoms with E-state index in [1.165, 1.54) is 5.56 Å². The Morgan fingerprint density at radius 1 is 1.09 bits per heavy atom. The van der Waals surface area contributed by atoms with Gasteiger partial charge in [0.1, 0.15) is 0 Å². The highest BCUT2D eigenvalue weighted by molar-refractivity contribution is 7.08. The third-order valence-corrected chi connectivity index (χ3v) is 6.38. The molecule has 2 fully saturated rings. The molecule has 116 valence electrons. The Hall–Kier alpha value is -1.17. The van der Waals surface area contributed by atoms with Crippen molar-refractivity contribution >= 4 is 34.3 Å². The zero-order valence-electron chi connectivity index (χ0n) is 12.5. The maximum Gasteiger partial charge on any atom is 0.234 e. The van der Waals surface area contributed by atoms with Crippen LogP contribution in [-0.4, -0.2) is 30.4 Å². The molecule has 2 aromatic heterocycles. The summed E-state index contributed by atoms with van der Waals surface area (Å²) in [5.41, 5.74) is 2.32. The fourth-order valence-corrected chi connectivity index (χ4v) is 5.16. The van der Waals surface area contributed by atoms with E-state index in [-0.39, 0.29) is 5.41 Å². The number of piperidine rings is 1. The van der Waals surface area contributed by atoms with E-state index in [0.29, 0.717) is 5.91 Å². The van der Waals surface area contributed by atoms with Gasteiger partial charge < -0.3 is 4.90 Å². The summed E-state index contributed by atoms with van der Waals surface area (Å²) < 4.78 is 0. The van der Waals surface area contributed by atoms with Crippen molar-refractivity contribution in [1.82, 2.24) is 4.90 Å². The maximum atomic E-state index is 13.0. The molecule has 1 atom stereocenters. The molecule has 0 aromatic carbocycles. The molecule has 3 nitrogen and oxygen atoms in total. The number of carbonyl (C=O) groups excluding carboxylic acids is 1. The summed E-state index contributed by atoms with van der Waals surface area (Å²) in [6, 6.07) is 4.26. The molecule has 0 aliphatic carbocycles. The van der Waals surface area contributed by atoms with Crippen molar-refractivity contribution in [1.29, 1.82) is 0 Å². The lowest BCUT2D eigenvalue weighted by atomic mass is 9.78. The molecule has 0 radical (unpaired) electrons. The van der Waals surface area contributed by atoms with E-state index in [4.69, 9.17) is 0 Å². The molecule has 4 heterocycles. The largest absolute Gasteiger partial charge is 0.311 e. The van der Waals surface area contributed by atoms with E-state index in [0.717, 1.165) is 51.1 Å². The summed E-state index contributed by atoms with van der Waals surface area (Å²) in [6.07, 6.45) is 3.18. The number of hydrogen-bond donors (Lipinski definition) is 0. The van der Waals surface area contributed by atoms with Gasteiger partial charge in [0, 0.05) is 25.0 Å². The average Bonchev–Trinajstić information content (AvgIpc) is 3.24. The highest BCUT2D eigenvalue weighted by Gasteiger charge is 2.49. The number of likely N-dealkylation sites (tertiary alicyclic amines) is 1. The van der Waals surface area contributed by atoms with E-state index in [1.54, 1.807) is 22.7 Å². The molecule has 2 aliphatic heterocycles. The number of carbonyl (C=O) groups is 1. The molecular formula is C17H20N2OS2. The van der Waals surface area contributed by atoms with Crippen LogP contribution in [-0.2, 0) is 11.3 Å². The SMILES string of the molecule is O=C1N(c2ccsc2)CCC12CCCN(Cc1ccsc1)C2. The first-order valence-corrected chi connectivity index (χ1v) is 9.73. The Labute approximate surface area is 139 Å². The normalized spacial score (nSPS) is 26.2. The lowest BCUT2D eigenvalue weighted by Gasteiger charge is -2.39. The molecule has 2 aromatic rings. The zero-order chi connectivity index (χ0) is 15.0. The average molecular weight is 332 g/mol. The second-order valence-corrected chi connectivity index (χ2v) is 7.97. The van der Waals surface area contributed by atoms with E-state index >= 15 is 0 Å². The molecule has 0 N–H and O–H groups in total. The van der Waals surface area contributed by atoms with Gasteiger partial charge in [-0.1, -0.05) is 0 Å². The van der Waals surface area contributed by atoms with Crippen molar-refractivity contribution in [2.75, 3.05) is 24.5 Å². The third kappa shape index (κ3) is 2.51. The summed E-state index contributed by atoms with van der Waals surface area (Å²) >= 11 is 3.41. The Morgan fingerprint density at radius 3 is 2.73 bits per heavy atom. The van der Waals surface area contributed by atoms with Crippen LogP contribution in [0.1, 0.15) is 24.8 Å². The minimum absolute atomic E-state index is 0.143. The molecule has 2 aliphatic rings. The molecule has 1 unspecified atom stereocenters. The van der Waals surface area contributed by atoms with E-state index in [1.807, 2.05) is 4.90 Å². The highest BCUT2D eigenvalue weighted by Crippen LogP contribution is 2.42. The van der Waals surface area contributed by atoms with Crippen LogP contribution in [0.2, 0.25) is 0 Å². The van der Waals surface area contributed by atoms with Crippen molar-refractivity contribution in [2.45, 2.75) is 25.8 Å². The van der Waals surface area contributed by atoms with Crippen LogP contribution >= 0.6 is 22.7 Å². The Morgan fingerprint density at radius 2 is 1.95 bits per heavy atom. The first-order valence-electron chi connectivity index (χ1n) is 7.84. The Balaban J connectivity index is 1.50. The molecule has 0 bridgehead atoms. The Bertz CT molecular complexity index is 638. The second kappa shape index (κ2) is 5.80. The first kappa shape index (κ1) is 14.4. The number of anilines is 1. The molecule has 4 rings (SSSR count). The molecule has 0 saturated carbocycles. The molecule has 1 spiro atoms. The molecule has 1 amide bonds. The number of nitrogens with zero attached hydrogens (tertiary/aromatic N) is 2. The third-order valence-electron chi connectivity index (χ3n) is 4.97. The second-order valence-electron chi connectivity index (χ2n) is 6.41. The predicted molar refractivity (Wildman–Crippen MR) is 92.6 cm³/mol. The lowest BCUT2D eigenvalue weighted by Crippen LogP contribution is -2.47. The van der Waals surface area contributed by atoms with Gasteiger partial charge in [-0.05, 0) is 59.6 Å². The number of thiophene rings is 2.